The molecule has 1 unspecified atom stereocenters. The molecule has 0 aromatic rings. The van der Waals surface area contributed by atoms with E-state index in [-0.39, 0.29) is 12.6 Å². The minimum absolute atomic E-state index is 0.170. The Morgan fingerprint density at radius 2 is 1.71 bits per heavy atom. The van der Waals surface area contributed by atoms with E-state index in [0.29, 0.717) is 0 Å². The standard InChI is InChI=1S/C5H11F.C5H10.C3H6/c1-3-5(2)4-6;1-4-5(2)3;1-3-2/h5H,3-4H2,1-2H3;2,4H2,1,3H3;3H,1H2,2H3. The number of rotatable bonds is 3. The first-order chi connectivity index (χ1) is 6.49. The van der Waals surface area contributed by atoms with Gasteiger partial charge in [-0.1, -0.05) is 38.8 Å². The fourth-order valence-corrected chi connectivity index (χ4v) is 0.109. The van der Waals surface area contributed by atoms with Crippen LogP contribution in [0.5, 0.6) is 0 Å². The Morgan fingerprint density at radius 1 is 1.43 bits per heavy atom. The Hall–Kier alpha value is -0.590. The predicted molar refractivity (Wildman–Crippen MR) is 66.4 cm³/mol. The van der Waals surface area contributed by atoms with Gasteiger partial charge in [0.25, 0.3) is 0 Å². The average Bonchev–Trinajstić information content (AvgIpc) is 2.18. The second kappa shape index (κ2) is 18.2. The SMILES string of the molecule is C=C(C)CC.C=CC.CCC(C)CF. The molecule has 1 heteroatoms. The first kappa shape index (κ1) is 19.1. The minimum atomic E-state index is -0.170. The molecule has 0 heterocycles. The molecule has 0 aliphatic heterocycles. The van der Waals surface area contributed by atoms with Crippen molar-refractivity contribution in [1.29, 1.82) is 0 Å². The fourth-order valence-electron chi connectivity index (χ4n) is 0.109. The molecule has 0 aliphatic carbocycles. The highest BCUT2D eigenvalue weighted by molar-refractivity contribution is 4.84. The van der Waals surface area contributed by atoms with Crippen LogP contribution in [0.15, 0.2) is 24.8 Å². The fraction of sp³-hybridized carbons (Fsp3) is 0.692. The topological polar surface area (TPSA) is 0 Å². The summed E-state index contributed by atoms with van der Waals surface area (Å²) in [6.07, 6.45) is 3.82. The zero-order chi connectivity index (χ0) is 12.0. The van der Waals surface area contributed by atoms with E-state index in [4.69, 9.17) is 0 Å². The molecule has 0 bridgehead atoms. The lowest BCUT2D eigenvalue weighted by Crippen LogP contribution is -1.91. The van der Waals surface area contributed by atoms with Crippen molar-refractivity contribution in [3.05, 3.63) is 24.8 Å². The molecule has 0 spiro atoms. The smallest absolute Gasteiger partial charge is 0.0919 e. The summed E-state index contributed by atoms with van der Waals surface area (Å²) < 4.78 is 11.4. The van der Waals surface area contributed by atoms with E-state index in [1.54, 1.807) is 6.08 Å². The molecule has 0 aliphatic rings. The van der Waals surface area contributed by atoms with Crippen molar-refractivity contribution in [1.82, 2.24) is 0 Å². The van der Waals surface area contributed by atoms with Crippen LogP contribution in [-0.4, -0.2) is 6.67 Å². The molecule has 0 fully saturated rings. The summed E-state index contributed by atoms with van der Waals surface area (Å²) in [5.74, 6) is 0.269. The minimum Gasteiger partial charge on any atom is -0.251 e. The van der Waals surface area contributed by atoms with Crippen LogP contribution >= 0.6 is 0 Å². The van der Waals surface area contributed by atoms with Gasteiger partial charge in [0.15, 0.2) is 0 Å². The van der Waals surface area contributed by atoms with Crippen LogP contribution in [0.3, 0.4) is 0 Å². The quantitative estimate of drug-likeness (QED) is 0.554. The van der Waals surface area contributed by atoms with Crippen molar-refractivity contribution >= 4 is 0 Å². The van der Waals surface area contributed by atoms with Crippen molar-refractivity contribution < 1.29 is 4.39 Å². The van der Waals surface area contributed by atoms with E-state index >= 15 is 0 Å². The second-order valence-electron chi connectivity index (χ2n) is 3.39. The van der Waals surface area contributed by atoms with Gasteiger partial charge in [0, 0.05) is 0 Å². The van der Waals surface area contributed by atoms with Gasteiger partial charge in [0.1, 0.15) is 0 Å². The molecule has 0 nitrogen and oxygen atoms in total. The van der Waals surface area contributed by atoms with Crippen molar-refractivity contribution in [2.24, 2.45) is 5.92 Å². The summed E-state index contributed by atoms with van der Waals surface area (Å²) in [5.41, 5.74) is 1.25. The van der Waals surface area contributed by atoms with Gasteiger partial charge in [-0.2, -0.15) is 0 Å². The van der Waals surface area contributed by atoms with Crippen LogP contribution in [0.2, 0.25) is 0 Å². The lowest BCUT2D eigenvalue weighted by molar-refractivity contribution is 0.375. The molecule has 0 amide bonds. The molecule has 86 valence electrons. The summed E-state index contributed by atoms with van der Waals surface area (Å²) in [6.45, 7) is 16.8. The third-order valence-electron chi connectivity index (χ3n) is 1.56. The van der Waals surface area contributed by atoms with Crippen molar-refractivity contribution in [3.63, 3.8) is 0 Å². The summed E-state index contributed by atoms with van der Waals surface area (Å²) >= 11 is 0. The van der Waals surface area contributed by atoms with E-state index in [1.165, 1.54) is 5.57 Å². The molecule has 0 rings (SSSR count). The summed E-state index contributed by atoms with van der Waals surface area (Å²) in [7, 11) is 0. The number of hydrogen-bond donors (Lipinski definition) is 0. The van der Waals surface area contributed by atoms with Crippen LogP contribution in [0.4, 0.5) is 4.39 Å². The highest BCUT2D eigenvalue weighted by Crippen LogP contribution is 1.98. The summed E-state index contributed by atoms with van der Waals surface area (Å²) in [4.78, 5) is 0. The van der Waals surface area contributed by atoms with Gasteiger partial charge < -0.3 is 0 Å². The molecular formula is C13H27F. The Balaban J connectivity index is -0.000000138. The van der Waals surface area contributed by atoms with E-state index in [9.17, 15) is 4.39 Å². The molecule has 0 saturated carbocycles. The van der Waals surface area contributed by atoms with Crippen molar-refractivity contribution in [2.45, 2.75) is 47.5 Å². The van der Waals surface area contributed by atoms with E-state index in [1.807, 2.05) is 27.7 Å². The zero-order valence-electron chi connectivity index (χ0n) is 10.6. The van der Waals surface area contributed by atoms with Gasteiger partial charge >= 0.3 is 0 Å². The Bertz CT molecular complexity index is 112. The first-order valence-corrected chi connectivity index (χ1v) is 5.27. The van der Waals surface area contributed by atoms with Crippen molar-refractivity contribution in [3.8, 4) is 0 Å². The van der Waals surface area contributed by atoms with E-state index in [0.717, 1.165) is 12.8 Å². The van der Waals surface area contributed by atoms with E-state index < -0.39 is 0 Å². The van der Waals surface area contributed by atoms with Crippen molar-refractivity contribution in [2.75, 3.05) is 6.67 Å². The van der Waals surface area contributed by atoms with Gasteiger partial charge in [-0.15, -0.1) is 13.2 Å². The van der Waals surface area contributed by atoms with Gasteiger partial charge in [0.05, 0.1) is 6.67 Å². The molecule has 0 aromatic heterocycles. The number of allylic oxidation sites excluding steroid dienone is 2. The lowest BCUT2D eigenvalue weighted by Gasteiger charge is -1.95. The van der Waals surface area contributed by atoms with Crippen LogP contribution in [0.25, 0.3) is 0 Å². The first-order valence-electron chi connectivity index (χ1n) is 5.27. The van der Waals surface area contributed by atoms with Crippen LogP contribution in [-0.2, 0) is 0 Å². The molecule has 14 heavy (non-hydrogen) atoms. The maximum atomic E-state index is 11.4. The Morgan fingerprint density at radius 3 is 1.71 bits per heavy atom. The Kier molecular flexibility index (Phi) is 24.8. The van der Waals surface area contributed by atoms with Gasteiger partial charge in [-0.25, -0.2) is 0 Å². The van der Waals surface area contributed by atoms with E-state index in [2.05, 4.69) is 20.1 Å². The normalized spacial score (nSPS) is 9.86. The highest BCUT2D eigenvalue weighted by Gasteiger charge is 1.92. The highest BCUT2D eigenvalue weighted by atomic mass is 19.1. The molecule has 0 N–H and O–H groups in total. The largest absolute Gasteiger partial charge is 0.251 e. The predicted octanol–water partition coefficient (Wildman–Crippen LogP) is 5.17. The molecule has 1 atom stereocenters. The number of alkyl halides is 1. The average molecular weight is 202 g/mol. The molecule has 0 radical (unpaired) electrons. The second-order valence-corrected chi connectivity index (χ2v) is 3.39. The zero-order valence-corrected chi connectivity index (χ0v) is 10.6. The Labute approximate surface area is 89.9 Å². The number of hydrogen-bond acceptors (Lipinski definition) is 0. The van der Waals surface area contributed by atoms with Crippen LogP contribution in [0.1, 0.15) is 47.5 Å². The maximum Gasteiger partial charge on any atom is 0.0919 e. The van der Waals surface area contributed by atoms with Gasteiger partial charge in [0.2, 0.25) is 0 Å². The van der Waals surface area contributed by atoms with Crippen LogP contribution < -0.4 is 0 Å². The third-order valence-corrected chi connectivity index (χ3v) is 1.56. The maximum absolute atomic E-state index is 11.4. The van der Waals surface area contributed by atoms with Gasteiger partial charge in [-0.05, 0) is 26.2 Å². The molecule has 0 aromatic carbocycles. The monoisotopic (exact) mass is 202 g/mol. The van der Waals surface area contributed by atoms with Gasteiger partial charge in [-0.3, -0.25) is 4.39 Å². The molecule has 0 saturated heterocycles. The third kappa shape index (κ3) is 42.2. The summed E-state index contributed by atoms with van der Waals surface area (Å²) in [6, 6.07) is 0. The number of halogens is 1. The van der Waals surface area contributed by atoms with Crippen LogP contribution in [0, 0.1) is 5.92 Å². The lowest BCUT2D eigenvalue weighted by atomic mass is 10.1. The molecular weight excluding hydrogens is 175 g/mol. The summed E-state index contributed by atoms with van der Waals surface area (Å²) in [5, 5.41) is 0.